The summed E-state index contributed by atoms with van der Waals surface area (Å²) in [6, 6.07) is 14.6. The maximum atomic E-state index is 13.1. The van der Waals surface area contributed by atoms with Crippen LogP contribution >= 0.6 is 27.7 Å². The minimum atomic E-state index is -0.0836. The van der Waals surface area contributed by atoms with E-state index in [1.165, 1.54) is 11.8 Å². The Hall–Kier alpha value is -1.96. The van der Waals surface area contributed by atoms with Crippen LogP contribution < -0.4 is 5.56 Å². The molecule has 1 fully saturated rings. The van der Waals surface area contributed by atoms with Crippen molar-refractivity contribution in [2.24, 2.45) is 0 Å². The van der Waals surface area contributed by atoms with Gasteiger partial charge in [0.2, 0.25) is 0 Å². The van der Waals surface area contributed by atoms with Crippen LogP contribution in [0.5, 0.6) is 0 Å². The van der Waals surface area contributed by atoms with Crippen molar-refractivity contribution in [2.75, 3.05) is 12.4 Å². The first-order valence-electron chi connectivity index (χ1n) is 9.14. The van der Waals surface area contributed by atoms with Crippen molar-refractivity contribution in [1.29, 1.82) is 0 Å². The minimum absolute atomic E-state index is 0.00331. The van der Waals surface area contributed by atoms with E-state index in [2.05, 4.69) is 20.9 Å². The van der Waals surface area contributed by atoms with Crippen LogP contribution in [0.4, 0.5) is 0 Å². The number of benzene rings is 2. The number of thioether (sulfide) groups is 1. The van der Waals surface area contributed by atoms with Crippen LogP contribution in [0.3, 0.4) is 0 Å². The SMILES string of the molecule is O=C(CSc1nc2ccccc2c(=O)n1CC1CCCO1)c1ccc(Br)cc1. The molecule has 0 saturated carbocycles. The molecule has 5 nitrogen and oxygen atoms in total. The highest BCUT2D eigenvalue weighted by Crippen LogP contribution is 2.22. The maximum Gasteiger partial charge on any atom is 0.262 e. The van der Waals surface area contributed by atoms with Gasteiger partial charge in [0.15, 0.2) is 10.9 Å². The molecule has 0 radical (unpaired) electrons. The van der Waals surface area contributed by atoms with E-state index in [-0.39, 0.29) is 23.2 Å². The number of rotatable bonds is 6. The molecular weight excluding hydrogens is 440 g/mol. The Labute approximate surface area is 175 Å². The zero-order valence-corrected chi connectivity index (χ0v) is 17.5. The lowest BCUT2D eigenvalue weighted by atomic mass is 10.2. The van der Waals surface area contributed by atoms with Gasteiger partial charge in [-0.2, -0.15) is 0 Å². The molecule has 1 aliphatic rings. The van der Waals surface area contributed by atoms with Crippen molar-refractivity contribution < 1.29 is 9.53 Å². The number of Topliss-reactive ketones (excluding diaryl/α,β-unsaturated/α-hetero) is 1. The van der Waals surface area contributed by atoms with E-state index in [0.717, 1.165) is 23.9 Å². The van der Waals surface area contributed by atoms with Gasteiger partial charge in [-0.3, -0.25) is 14.2 Å². The van der Waals surface area contributed by atoms with Gasteiger partial charge in [-0.25, -0.2) is 4.98 Å². The summed E-state index contributed by atoms with van der Waals surface area (Å²) in [6.07, 6.45) is 1.95. The minimum Gasteiger partial charge on any atom is -0.376 e. The van der Waals surface area contributed by atoms with E-state index < -0.39 is 0 Å². The molecule has 0 amide bonds. The molecule has 3 aromatic rings. The molecule has 1 unspecified atom stereocenters. The lowest BCUT2D eigenvalue weighted by Crippen LogP contribution is -2.29. The highest BCUT2D eigenvalue weighted by Gasteiger charge is 2.20. The number of aromatic nitrogens is 2. The summed E-state index contributed by atoms with van der Waals surface area (Å²) in [6.45, 7) is 1.19. The Bertz CT molecular complexity index is 1060. The zero-order valence-electron chi connectivity index (χ0n) is 15.1. The second-order valence-electron chi connectivity index (χ2n) is 6.68. The number of hydrogen-bond acceptors (Lipinski definition) is 5. The van der Waals surface area contributed by atoms with Gasteiger partial charge in [0.05, 0.1) is 29.3 Å². The largest absolute Gasteiger partial charge is 0.376 e. The van der Waals surface area contributed by atoms with Crippen LogP contribution in [0.1, 0.15) is 23.2 Å². The highest BCUT2D eigenvalue weighted by atomic mass is 79.9. The molecule has 0 bridgehead atoms. The van der Waals surface area contributed by atoms with E-state index in [1.807, 2.05) is 30.3 Å². The molecular formula is C21H19BrN2O3S. The van der Waals surface area contributed by atoms with Gasteiger partial charge >= 0.3 is 0 Å². The summed E-state index contributed by atoms with van der Waals surface area (Å²) in [5.41, 5.74) is 1.21. The number of para-hydroxylation sites is 1. The first-order chi connectivity index (χ1) is 13.6. The van der Waals surface area contributed by atoms with Gasteiger partial charge in [-0.05, 0) is 37.1 Å². The Morgan fingerprint density at radius 2 is 2.00 bits per heavy atom. The molecule has 2 aromatic carbocycles. The van der Waals surface area contributed by atoms with Crippen LogP contribution in [-0.2, 0) is 11.3 Å². The van der Waals surface area contributed by atoms with Crippen LogP contribution in [-0.4, -0.2) is 33.8 Å². The van der Waals surface area contributed by atoms with E-state index in [9.17, 15) is 9.59 Å². The zero-order chi connectivity index (χ0) is 19.5. The fourth-order valence-corrected chi connectivity index (χ4v) is 4.43. The molecule has 1 atom stereocenters. The number of carbonyl (C=O) groups is 1. The van der Waals surface area contributed by atoms with Gasteiger partial charge in [0, 0.05) is 16.6 Å². The van der Waals surface area contributed by atoms with Crippen molar-refractivity contribution in [3.8, 4) is 0 Å². The molecule has 1 aliphatic heterocycles. The predicted octanol–water partition coefficient (Wildman–Crippen LogP) is 4.31. The van der Waals surface area contributed by atoms with Crippen LogP contribution in [0.15, 0.2) is 63.0 Å². The Morgan fingerprint density at radius 3 is 2.75 bits per heavy atom. The molecule has 28 heavy (non-hydrogen) atoms. The lowest BCUT2D eigenvalue weighted by Gasteiger charge is -2.16. The third-order valence-electron chi connectivity index (χ3n) is 4.74. The van der Waals surface area contributed by atoms with E-state index in [4.69, 9.17) is 4.74 Å². The number of hydrogen-bond donors (Lipinski definition) is 0. The first kappa shape index (κ1) is 19.4. The molecule has 0 N–H and O–H groups in total. The number of ether oxygens (including phenoxy) is 1. The monoisotopic (exact) mass is 458 g/mol. The molecule has 144 valence electrons. The topological polar surface area (TPSA) is 61.2 Å². The fraction of sp³-hybridized carbons (Fsp3) is 0.286. The second kappa shape index (κ2) is 8.59. The molecule has 1 saturated heterocycles. The summed E-state index contributed by atoms with van der Waals surface area (Å²) >= 11 is 4.68. The van der Waals surface area contributed by atoms with E-state index in [1.54, 1.807) is 22.8 Å². The van der Waals surface area contributed by atoms with Crippen molar-refractivity contribution in [2.45, 2.75) is 30.6 Å². The molecule has 0 aliphatic carbocycles. The summed E-state index contributed by atoms with van der Waals surface area (Å²) < 4.78 is 8.31. The van der Waals surface area contributed by atoms with Gasteiger partial charge in [-0.1, -0.05) is 52.0 Å². The number of ketones is 1. The van der Waals surface area contributed by atoms with Crippen LogP contribution in [0.2, 0.25) is 0 Å². The van der Waals surface area contributed by atoms with Crippen molar-refractivity contribution >= 4 is 44.4 Å². The molecule has 4 rings (SSSR count). The molecule has 1 aromatic heterocycles. The van der Waals surface area contributed by atoms with Crippen molar-refractivity contribution in [3.63, 3.8) is 0 Å². The highest BCUT2D eigenvalue weighted by molar-refractivity contribution is 9.10. The maximum absolute atomic E-state index is 13.1. The number of carbonyl (C=O) groups excluding carboxylic acids is 1. The first-order valence-corrected chi connectivity index (χ1v) is 10.9. The summed E-state index contributed by atoms with van der Waals surface area (Å²) in [5.74, 6) is 0.223. The average Bonchev–Trinajstić information content (AvgIpc) is 3.22. The molecule has 2 heterocycles. The van der Waals surface area contributed by atoms with Gasteiger partial charge in [-0.15, -0.1) is 0 Å². The summed E-state index contributed by atoms with van der Waals surface area (Å²) in [7, 11) is 0. The number of fused-ring (bicyclic) bond motifs is 1. The van der Waals surface area contributed by atoms with Crippen molar-refractivity contribution in [1.82, 2.24) is 9.55 Å². The lowest BCUT2D eigenvalue weighted by molar-refractivity contribution is 0.0937. The Balaban J connectivity index is 1.63. The predicted molar refractivity (Wildman–Crippen MR) is 114 cm³/mol. The molecule has 0 spiro atoms. The average molecular weight is 459 g/mol. The van der Waals surface area contributed by atoms with Gasteiger partial charge < -0.3 is 4.74 Å². The third kappa shape index (κ3) is 4.21. The molecule has 7 heteroatoms. The van der Waals surface area contributed by atoms with E-state index >= 15 is 0 Å². The smallest absolute Gasteiger partial charge is 0.262 e. The van der Waals surface area contributed by atoms with Crippen LogP contribution in [0.25, 0.3) is 10.9 Å². The number of halogens is 1. The van der Waals surface area contributed by atoms with Gasteiger partial charge in [0.25, 0.3) is 5.56 Å². The fourth-order valence-electron chi connectivity index (χ4n) is 3.26. The third-order valence-corrected chi connectivity index (χ3v) is 6.24. The summed E-state index contributed by atoms with van der Waals surface area (Å²) in [5, 5.41) is 1.15. The van der Waals surface area contributed by atoms with Gasteiger partial charge in [0.1, 0.15) is 0 Å². The quantitative estimate of drug-likeness (QED) is 0.312. The second-order valence-corrected chi connectivity index (χ2v) is 8.54. The van der Waals surface area contributed by atoms with Crippen LogP contribution in [0, 0.1) is 0 Å². The van der Waals surface area contributed by atoms with E-state index in [0.29, 0.717) is 28.2 Å². The Morgan fingerprint density at radius 1 is 1.21 bits per heavy atom. The van der Waals surface area contributed by atoms with Crippen molar-refractivity contribution in [3.05, 3.63) is 68.9 Å². The Kier molecular flexibility index (Phi) is 5.94. The standard InChI is InChI=1S/C21H19BrN2O3S/c22-15-9-7-14(8-10-15)19(25)13-28-21-23-18-6-2-1-5-17(18)20(26)24(21)12-16-4-3-11-27-16/h1-2,5-10,16H,3-4,11-13H2. The normalized spacial score (nSPS) is 16.5. The number of nitrogens with zero attached hydrogens (tertiary/aromatic N) is 2. The summed E-state index contributed by atoms with van der Waals surface area (Å²) in [4.78, 5) is 30.3.